The van der Waals surface area contributed by atoms with Crippen molar-refractivity contribution in [2.75, 3.05) is 0 Å². The number of carbonyl (C=O) groups excluding carboxylic acids is 1. The lowest BCUT2D eigenvalue weighted by Gasteiger charge is -2.32. The molecule has 0 saturated carbocycles. The molecule has 0 aliphatic heterocycles. The Hall–Kier alpha value is -4.83. The Kier molecular flexibility index (Phi) is 7.70. The first-order chi connectivity index (χ1) is 17.9. The van der Waals surface area contributed by atoms with Gasteiger partial charge in [0.05, 0.1) is 5.56 Å². The van der Waals surface area contributed by atoms with E-state index in [-0.39, 0.29) is 28.4 Å². The van der Waals surface area contributed by atoms with Crippen LogP contribution in [0.1, 0.15) is 39.5 Å². The van der Waals surface area contributed by atoms with Crippen LogP contribution >= 0.6 is 0 Å². The standard InChI is InChI=1S/C20H18O2.C13H10O2/c1-20(15-5-3-2-4-6-15,16-7-11-18(21)12-8-16)17-9-13-19(22)14-10-17;14-12-9-5-4-8-11(12)13(15)10-6-2-1-3-7-10/h2-14,21-22H,1H3;1-9,14H. The van der Waals surface area contributed by atoms with Crippen LogP contribution in [0.15, 0.2) is 133 Å². The van der Waals surface area contributed by atoms with E-state index in [4.69, 9.17) is 0 Å². The van der Waals surface area contributed by atoms with Gasteiger partial charge in [0.2, 0.25) is 0 Å². The van der Waals surface area contributed by atoms with Gasteiger partial charge in [0.25, 0.3) is 0 Å². The van der Waals surface area contributed by atoms with E-state index >= 15 is 0 Å². The van der Waals surface area contributed by atoms with Crippen LogP contribution in [-0.4, -0.2) is 21.1 Å². The zero-order chi connectivity index (χ0) is 26.3. The van der Waals surface area contributed by atoms with Gasteiger partial charge in [-0.2, -0.15) is 0 Å². The Bertz CT molecular complexity index is 1400. The monoisotopic (exact) mass is 488 g/mol. The van der Waals surface area contributed by atoms with E-state index in [1.165, 1.54) is 6.07 Å². The molecule has 3 N–H and O–H groups in total. The van der Waals surface area contributed by atoms with E-state index in [2.05, 4.69) is 19.1 Å². The molecule has 0 unspecified atom stereocenters. The van der Waals surface area contributed by atoms with Crippen molar-refractivity contribution in [1.82, 2.24) is 0 Å². The maximum Gasteiger partial charge on any atom is 0.196 e. The summed E-state index contributed by atoms with van der Waals surface area (Å²) in [7, 11) is 0. The largest absolute Gasteiger partial charge is 0.508 e. The molecule has 0 radical (unpaired) electrons. The molecule has 0 bridgehead atoms. The van der Waals surface area contributed by atoms with Crippen LogP contribution in [0, 0.1) is 0 Å². The number of hydrogen-bond donors (Lipinski definition) is 3. The first-order valence-corrected chi connectivity index (χ1v) is 11.9. The minimum atomic E-state index is -0.358. The number of carbonyl (C=O) groups is 1. The quantitative estimate of drug-likeness (QED) is 0.183. The number of hydrogen-bond acceptors (Lipinski definition) is 4. The van der Waals surface area contributed by atoms with E-state index in [1.54, 1.807) is 66.7 Å². The summed E-state index contributed by atoms with van der Waals surface area (Å²) in [6, 6.07) is 40.3. The molecular weight excluding hydrogens is 460 g/mol. The normalized spacial score (nSPS) is 10.7. The average Bonchev–Trinajstić information content (AvgIpc) is 2.95. The summed E-state index contributed by atoms with van der Waals surface area (Å²) >= 11 is 0. The lowest BCUT2D eigenvalue weighted by atomic mass is 9.71. The Labute approximate surface area is 216 Å². The SMILES string of the molecule is CC(c1ccccc1)(c1ccc(O)cc1)c1ccc(O)cc1.O=C(c1ccccc1)c1ccccc1O. The molecule has 184 valence electrons. The van der Waals surface area contributed by atoms with Crippen LogP contribution in [-0.2, 0) is 5.41 Å². The van der Waals surface area contributed by atoms with Crippen molar-refractivity contribution >= 4 is 5.78 Å². The lowest BCUT2D eigenvalue weighted by Crippen LogP contribution is -2.25. The second kappa shape index (κ2) is 11.3. The summed E-state index contributed by atoms with van der Waals surface area (Å²) < 4.78 is 0. The third kappa shape index (κ3) is 5.71. The number of phenols is 3. The summed E-state index contributed by atoms with van der Waals surface area (Å²) in [6.07, 6.45) is 0. The van der Waals surface area contributed by atoms with Gasteiger partial charge in [0.1, 0.15) is 17.2 Å². The Balaban J connectivity index is 0.000000186. The molecule has 4 heteroatoms. The van der Waals surface area contributed by atoms with Gasteiger partial charge < -0.3 is 15.3 Å². The Morgan fingerprint density at radius 3 is 1.41 bits per heavy atom. The van der Waals surface area contributed by atoms with Gasteiger partial charge >= 0.3 is 0 Å². The number of para-hydroxylation sites is 1. The molecule has 0 atom stereocenters. The van der Waals surface area contributed by atoms with E-state index in [0.717, 1.165) is 16.7 Å². The van der Waals surface area contributed by atoms with Crippen molar-refractivity contribution in [3.05, 3.63) is 161 Å². The molecule has 5 rings (SSSR count). The average molecular weight is 489 g/mol. The van der Waals surface area contributed by atoms with Crippen molar-refractivity contribution < 1.29 is 20.1 Å². The predicted octanol–water partition coefficient (Wildman–Crippen LogP) is 7.08. The van der Waals surface area contributed by atoms with E-state index in [0.29, 0.717) is 11.1 Å². The van der Waals surface area contributed by atoms with E-state index in [9.17, 15) is 20.1 Å². The van der Waals surface area contributed by atoms with Crippen LogP contribution in [0.3, 0.4) is 0 Å². The highest BCUT2D eigenvalue weighted by Crippen LogP contribution is 2.39. The van der Waals surface area contributed by atoms with Crippen LogP contribution in [0.4, 0.5) is 0 Å². The fraction of sp³-hybridized carbons (Fsp3) is 0.0606. The second-order valence-corrected chi connectivity index (χ2v) is 8.80. The van der Waals surface area contributed by atoms with Gasteiger partial charge in [-0.3, -0.25) is 4.79 Å². The van der Waals surface area contributed by atoms with Gasteiger partial charge in [-0.1, -0.05) is 97.1 Å². The maximum absolute atomic E-state index is 11.9. The van der Waals surface area contributed by atoms with Crippen molar-refractivity contribution in [3.63, 3.8) is 0 Å². The fourth-order valence-corrected chi connectivity index (χ4v) is 4.27. The summed E-state index contributed by atoms with van der Waals surface area (Å²) in [4.78, 5) is 11.9. The lowest BCUT2D eigenvalue weighted by molar-refractivity contribution is 0.103. The van der Waals surface area contributed by atoms with Gasteiger partial charge in [-0.05, 0) is 60.0 Å². The highest BCUT2D eigenvalue weighted by atomic mass is 16.3. The zero-order valence-electron chi connectivity index (χ0n) is 20.5. The Morgan fingerprint density at radius 2 is 0.919 bits per heavy atom. The zero-order valence-corrected chi connectivity index (χ0v) is 20.5. The molecule has 0 aliphatic carbocycles. The molecule has 4 nitrogen and oxygen atoms in total. The predicted molar refractivity (Wildman–Crippen MR) is 146 cm³/mol. The summed E-state index contributed by atoms with van der Waals surface area (Å²) in [6.45, 7) is 2.15. The maximum atomic E-state index is 11.9. The van der Waals surface area contributed by atoms with E-state index in [1.807, 2.05) is 48.5 Å². The van der Waals surface area contributed by atoms with Crippen LogP contribution in [0.25, 0.3) is 0 Å². The third-order valence-electron chi connectivity index (χ3n) is 6.43. The molecule has 0 spiro atoms. The van der Waals surface area contributed by atoms with Gasteiger partial charge in [0.15, 0.2) is 5.78 Å². The topological polar surface area (TPSA) is 77.8 Å². The number of phenolic OH excluding ortho intramolecular Hbond substituents is 3. The highest BCUT2D eigenvalue weighted by Gasteiger charge is 2.31. The van der Waals surface area contributed by atoms with Crippen molar-refractivity contribution in [2.45, 2.75) is 12.3 Å². The van der Waals surface area contributed by atoms with E-state index < -0.39 is 0 Å². The van der Waals surface area contributed by atoms with Crippen molar-refractivity contribution in [2.24, 2.45) is 0 Å². The Morgan fingerprint density at radius 1 is 0.514 bits per heavy atom. The fourth-order valence-electron chi connectivity index (χ4n) is 4.27. The van der Waals surface area contributed by atoms with Gasteiger partial charge in [-0.25, -0.2) is 0 Å². The highest BCUT2D eigenvalue weighted by molar-refractivity contribution is 6.10. The molecular formula is C33H28O4. The number of ketones is 1. The number of rotatable bonds is 5. The number of aromatic hydroxyl groups is 3. The summed E-state index contributed by atoms with van der Waals surface area (Å²) in [5.74, 6) is 0.370. The molecule has 0 fully saturated rings. The van der Waals surface area contributed by atoms with Crippen LogP contribution in [0.2, 0.25) is 0 Å². The molecule has 0 aromatic heterocycles. The molecule has 0 heterocycles. The van der Waals surface area contributed by atoms with Crippen molar-refractivity contribution in [1.29, 1.82) is 0 Å². The first kappa shape index (κ1) is 25.3. The molecule has 5 aromatic rings. The first-order valence-electron chi connectivity index (χ1n) is 11.9. The second-order valence-electron chi connectivity index (χ2n) is 8.80. The molecule has 0 saturated heterocycles. The summed E-state index contributed by atoms with van der Waals surface area (Å²) in [5, 5.41) is 28.7. The summed E-state index contributed by atoms with van der Waals surface area (Å²) in [5.41, 5.74) is 3.89. The minimum absolute atomic E-state index is 0.0198. The van der Waals surface area contributed by atoms with Crippen LogP contribution < -0.4 is 0 Å². The van der Waals surface area contributed by atoms with Gasteiger partial charge in [0, 0.05) is 11.0 Å². The molecule has 5 aromatic carbocycles. The minimum Gasteiger partial charge on any atom is -0.508 e. The van der Waals surface area contributed by atoms with Crippen LogP contribution in [0.5, 0.6) is 17.2 Å². The third-order valence-corrected chi connectivity index (χ3v) is 6.43. The molecule has 0 amide bonds. The molecule has 37 heavy (non-hydrogen) atoms. The smallest absolute Gasteiger partial charge is 0.196 e. The number of benzene rings is 5. The van der Waals surface area contributed by atoms with Crippen molar-refractivity contribution in [3.8, 4) is 17.2 Å². The van der Waals surface area contributed by atoms with Gasteiger partial charge in [-0.15, -0.1) is 0 Å². The molecule has 0 aliphatic rings.